The number of fused-ring (bicyclic) bond motifs is 4. The van der Waals surface area contributed by atoms with Gasteiger partial charge in [0, 0.05) is 6.54 Å². The van der Waals surface area contributed by atoms with Gasteiger partial charge in [-0.1, -0.05) is 0 Å². The van der Waals surface area contributed by atoms with Gasteiger partial charge in [0.15, 0.2) is 0 Å². The summed E-state index contributed by atoms with van der Waals surface area (Å²) >= 11 is 0. The van der Waals surface area contributed by atoms with Gasteiger partial charge in [-0.15, -0.1) is 0 Å². The normalized spacial score (nSPS) is 27.9. The molecule has 1 saturated carbocycles. The summed E-state index contributed by atoms with van der Waals surface area (Å²) in [5.41, 5.74) is 2.58. The van der Waals surface area contributed by atoms with Crippen molar-refractivity contribution in [2.45, 2.75) is 50.7 Å². The Morgan fingerprint density at radius 3 is 2.90 bits per heavy atom. The molecule has 2 saturated heterocycles. The number of anilines is 1. The van der Waals surface area contributed by atoms with Gasteiger partial charge >= 0.3 is 0 Å². The van der Waals surface area contributed by atoms with E-state index in [1.54, 1.807) is 5.06 Å². The van der Waals surface area contributed by atoms with Gasteiger partial charge in [-0.05, 0) is 50.7 Å². The fourth-order valence-electron chi connectivity index (χ4n) is 3.41. The van der Waals surface area contributed by atoms with Crippen LogP contribution >= 0.6 is 0 Å². The maximum absolute atomic E-state index is 12.6. The Bertz CT molecular complexity index is 538. The van der Waals surface area contributed by atoms with Crippen molar-refractivity contribution in [2.75, 3.05) is 11.9 Å². The Labute approximate surface area is 118 Å². The van der Waals surface area contributed by atoms with Crippen LogP contribution < -0.4 is 5.32 Å². The van der Waals surface area contributed by atoms with Crippen LogP contribution in [-0.4, -0.2) is 34.6 Å². The number of carbonyl (C=O) groups is 1. The lowest BCUT2D eigenvalue weighted by Gasteiger charge is -2.43. The van der Waals surface area contributed by atoms with E-state index < -0.39 is 0 Å². The van der Waals surface area contributed by atoms with Crippen LogP contribution in [0.1, 0.15) is 48.3 Å². The van der Waals surface area contributed by atoms with E-state index in [0.717, 1.165) is 56.5 Å². The molecule has 5 heteroatoms. The van der Waals surface area contributed by atoms with Crippen molar-refractivity contribution in [1.29, 1.82) is 0 Å². The van der Waals surface area contributed by atoms with Gasteiger partial charge in [-0.25, -0.2) is 10.0 Å². The molecule has 4 heterocycles. The number of amides is 1. The van der Waals surface area contributed by atoms with Gasteiger partial charge in [0.1, 0.15) is 5.69 Å². The SMILES string of the molecule is O=C(c1ccc2c(n1)CCCN2)N1OC2CCC1CC2. The molecule has 0 unspecified atom stereocenters. The zero-order chi connectivity index (χ0) is 13.5. The molecule has 4 aliphatic rings. The third-order valence-corrected chi connectivity index (χ3v) is 4.54. The fraction of sp³-hybridized carbons (Fsp3) is 0.600. The summed E-state index contributed by atoms with van der Waals surface area (Å²) in [6.45, 7) is 0.987. The van der Waals surface area contributed by atoms with Crippen molar-refractivity contribution < 1.29 is 9.63 Å². The topological polar surface area (TPSA) is 54.5 Å². The molecule has 0 radical (unpaired) electrons. The lowest BCUT2D eigenvalue weighted by atomic mass is 9.91. The summed E-state index contributed by atoms with van der Waals surface area (Å²) in [4.78, 5) is 22.9. The summed E-state index contributed by atoms with van der Waals surface area (Å²) in [7, 11) is 0. The van der Waals surface area contributed by atoms with E-state index in [9.17, 15) is 4.79 Å². The number of hydroxylamine groups is 2. The van der Waals surface area contributed by atoms with Crippen molar-refractivity contribution in [1.82, 2.24) is 10.0 Å². The summed E-state index contributed by atoms with van der Waals surface area (Å²) in [5, 5.41) is 4.90. The van der Waals surface area contributed by atoms with Gasteiger partial charge in [0.2, 0.25) is 0 Å². The lowest BCUT2D eigenvalue weighted by molar-refractivity contribution is -0.242. The number of aryl methyl sites for hydroxylation is 1. The second-order valence-electron chi connectivity index (χ2n) is 5.89. The summed E-state index contributed by atoms with van der Waals surface area (Å²) in [6.07, 6.45) is 6.51. The van der Waals surface area contributed by atoms with Crippen LogP contribution in [0, 0.1) is 0 Å². The minimum atomic E-state index is -0.0761. The number of carbonyl (C=O) groups excluding carboxylic acids is 1. The number of pyridine rings is 1. The van der Waals surface area contributed by atoms with Gasteiger partial charge in [0.05, 0.1) is 23.5 Å². The largest absolute Gasteiger partial charge is 0.384 e. The second kappa shape index (κ2) is 4.74. The average molecular weight is 273 g/mol. The van der Waals surface area contributed by atoms with Gasteiger partial charge in [-0.3, -0.25) is 9.63 Å². The van der Waals surface area contributed by atoms with E-state index >= 15 is 0 Å². The van der Waals surface area contributed by atoms with Crippen molar-refractivity contribution >= 4 is 11.6 Å². The minimum absolute atomic E-state index is 0.0761. The molecular weight excluding hydrogens is 254 g/mol. The lowest BCUT2D eigenvalue weighted by Crippen LogP contribution is -2.51. The number of nitrogens with zero attached hydrogens (tertiary/aromatic N) is 2. The van der Waals surface area contributed by atoms with E-state index in [1.165, 1.54) is 0 Å². The van der Waals surface area contributed by atoms with Crippen LogP contribution in [0.5, 0.6) is 0 Å². The number of hydrogen-bond acceptors (Lipinski definition) is 4. The van der Waals surface area contributed by atoms with Crippen LogP contribution in [0.4, 0.5) is 5.69 Å². The first-order valence-corrected chi connectivity index (χ1v) is 7.55. The Morgan fingerprint density at radius 2 is 2.15 bits per heavy atom. The summed E-state index contributed by atoms with van der Waals surface area (Å²) < 4.78 is 0. The molecule has 106 valence electrons. The van der Waals surface area contributed by atoms with Crippen molar-refractivity contribution in [3.63, 3.8) is 0 Å². The summed E-state index contributed by atoms with van der Waals surface area (Å²) in [5.74, 6) is -0.0761. The monoisotopic (exact) mass is 273 g/mol. The molecule has 1 aliphatic carbocycles. The first kappa shape index (κ1) is 12.1. The van der Waals surface area contributed by atoms with E-state index in [2.05, 4.69) is 10.3 Å². The maximum atomic E-state index is 12.6. The highest BCUT2D eigenvalue weighted by molar-refractivity contribution is 5.92. The van der Waals surface area contributed by atoms with Crippen LogP contribution in [0.2, 0.25) is 0 Å². The molecule has 1 aromatic rings. The smallest absolute Gasteiger partial charge is 0.296 e. The number of nitrogens with one attached hydrogen (secondary N) is 1. The standard InChI is InChI=1S/C15H19N3O2/c19-15(18-10-3-5-11(20-18)6-4-10)14-8-7-12-13(17-14)2-1-9-16-12/h7-8,10-11,16H,1-6,9H2. The van der Waals surface area contributed by atoms with Gasteiger partial charge < -0.3 is 5.32 Å². The van der Waals surface area contributed by atoms with E-state index in [1.807, 2.05) is 12.1 Å². The predicted octanol–water partition coefficient (Wildman–Crippen LogP) is 2.14. The van der Waals surface area contributed by atoms with Gasteiger partial charge in [0.25, 0.3) is 5.91 Å². The van der Waals surface area contributed by atoms with Crippen LogP contribution in [0.15, 0.2) is 12.1 Å². The highest BCUT2D eigenvalue weighted by Crippen LogP contribution is 2.33. The Morgan fingerprint density at radius 1 is 1.30 bits per heavy atom. The minimum Gasteiger partial charge on any atom is -0.384 e. The molecule has 5 nitrogen and oxygen atoms in total. The van der Waals surface area contributed by atoms with E-state index in [-0.39, 0.29) is 18.1 Å². The van der Waals surface area contributed by atoms with Crippen molar-refractivity contribution in [3.8, 4) is 0 Å². The summed E-state index contributed by atoms with van der Waals surface area (Å²) in [6, 6.07) is 4.02. The molecule has 20 heavy (non-hydrogen) atoms. The van der Waals surface area contributed by atoms with Crippen molar-refractivity contribution in [2.24, 2.45) is 0 Å². The maximum Gasteiger partial charge on any atom is 0.296 e. The zero-order valence-electron chi connectivity index (χ0n) is 11.5. The average Bonchev–Trinajstić information content (AvgIpc) is 2.54. The number of hydrogen-bond donors (Lipinski definition) is 1. The second-order valence-corrected chi connectivity index (χ2v) is 5.89. The molecule has 0 spiro atoms. The van der Waals surface area contributed by atoms with Crippen molar-refractivity contribution in [3.05, 3.63) is 23.5 Å². The third kappa shape index (κ3) is 1.97. The molecule has 1 aromatic heterocycles. The van der Waals surface area contributed by atoms with Crippen LogP contribution in [0.25, 0.3) is 0 Å². The predicted molar refractivity (Wildman–Crippen MR) is 74.3 cm³/mol. The third-order valence-electron chi connectivity index (χ3n) is 4.54. The van der Waals surface area contributed by atoms with Gasteiger partial charge in [-0.2, -0.15) is 0 Å². The highest BCUT2D eigenvalue weighted by Gasteiger charge is 2.38. The first-order valence-electron chi connectivity index (χ1n) is 7.55. The zero-order valence-corrected chi connectivity index (χ0v) is 11.5. The molecule has 5 rings (SSSR count). The quantitative estimate of drug-likeness (QED) is 0.851. The molecule has 1 N–H and O–H groups in total. The molecular formula is C15H19N3O2. The fourth-order valence-corrected chi connectivity index (χ4v) is 3.41. The molecule has 0 atom stereocenters. The van der Waals surface area contributed by atoms with Crippen LogP contribution in [-0.2, 0) is 11.3 Å². The molecule has 0 aromatic carbocycles. The highest BCUT2D eigenvalue weighted by atomic mass is 16.7. The van der Waals surface area contributed by atoms with E-state index in [0.29, 0.717) is 5.69 Å². The molecule has 3 aliphatic heterocycles. The molecule has 3 fully saturated rings. The molecule has 2 bridgehead atoms. The Balaban J connectivity index is 1.59. The number of rotatable bonds is 1. The Kier molecular flexibility index (Phi) is 2.88. The van der Waals surface area contributed by atoms with E-state index in [4.69, 9.17) is 4.84 Å². The Hall–Kier alpha value is -1.62. The molecule has 1 amide bonds. The number of aromatic nitrogens is 1. The first-order chi connectivity index (χ1) is 9.81. The van der Waals surface area contributed by atoms with Crippen LogP contribution in [0.3, 0.4) is 0 Å².